The summed E-state index contributed by atoms with van der Waals surface area (Å²) in [6, 6.07) is 0.773. The average Bonchev–Trinajstić information content (AvgIpc) is 2.19. The van der Waals surface area contributed by atoms with Gasteiger partial charge in [-0.3, -0.25) is 0 Å². The van der Waals surface area contributed by atoms with Crippen LogP contribution in [0.4, 0.5) is 13.2 Å². The lowest BCUT2D eigenvalue weighted by Crippen LogP contribution is -2.21. The molecule has 0 bridgehead atoms. The van der Waals surface area contributed by atoms with Crippen molar-refractivity contribution >= 4 is 28.1 Å². The quantitative estimate of drug-likeness (QED) is 0.285. The molecule has 1 aromatic carbocycles. The SMILES string of the molecule is NC(N)=NN=Cc1c(F)cc(Br)c(F)c1F. The molecule has 0 radical (unpaired) electrons. The predicted molar refractivity (Wildman–Crippen MR) is 57.4 cm³/mol. The summed E-state index contributed by atoms with van der Waals surface area (Å²) in [5, 5.41) is 6.31. The van der Waals surface area contributed by atoms with E-state index < -0.39 is 23.0 Å². The normalized spacial score (nSPS) is 10.8. The highest BCUT2D eigenvalue weighted by atomic mass is 79.9. The summed E-state index contributed by atoms with van der Waals surface area (Å²) in [6.07, 6.45) is 0.680. The van der Waals surface area contributed by atoms with E-state index in [1.165, 1.54) is 0 Å². The zero-order chi connectivity index (χ0) is 12.3. The largest absolute Gasteiger partial charge is 0.369 e. The molecule has 0 aliphatic carbocycles. The van der Waals surface area contributed by atoms with Gasteiger partial charge in [0.15, 0.2) is 11.6 Å². The number of nitrogens with zero attached hydrogens (tertiary/aromatic N) is 2. The molecule has 0 saturated carbocycles. The highest BCUT2D eigenvalue weighted by Crippen LogP contribution is 2.22. The number of benzene rings is 1. The first-order valence-corrected chi connectivity index (χ1v) is 4.67. The molecule has 16 heavy (non-hydrogen) atoms. The van der Waals surface area contributed by atoms with E-state index in [4.69, 9.17) is 11.5 Å². The van der Waals surface area contributed by atoms with Crippen LogP contribution in [0.1, 0.15) is 5.56 Å². The van der Waals surface area contributed by atoms with Crippen molar-refractivity contribution in [3.63, 3.8) is 0 Å². The van der Waals surface area contributed by atoms with Crippen molar-refractivity contribution < 1.29 is 13.2 Å². The lowest BCUT2D eigenvalue weighted by Gasteiger charge is -2.01. The van der Waals surface area contributed by atoms with Crippen LogP contribution < -0.4 is 11.5 Å². The van der Waals surface area contributed by atoms with Gasteiger partial charge < -0.3 is 11.5 Å². The maximum Gasteiger partial charge on any atom is 0.211 e. The molecule has 4 N–H and O–H groups in total. The molecule has 0 aliphatic heterocycles. The van der Waals surface area contributed by atoms with Crippen LogP contribution in [0.2, 0.25) is 0 Å². The molecular weight excluding hydrogens is 289 g/mol. The number of rotatable bonds is 2. The maximum atomic E-state index is 13.2. The summed E-state index contributed by atoms with van der Waals surface area (Å²) in [4.78, 5) is 0. The molecule has 0 heterocycles. The molecule has 0 fully saturated rings. The molecule has 0 saturated heterocycles. The van der Waals surface area contributed by atoms with Crippen molar-refractivity contribution in [3.8, 4) is 0 Å². The topological polar surface area (TPSA) is 76.8 Å². The van der Waals surface area contributed by atoms with E-state index in [0.717, 1.165) is 6.07 Å². The highest BCUT2D eigenvalue weighted by molar-refractivity contribution is 9.10. The Morgan fingerprint density at radius 3 is 2.44 bits per heavy atom. The fourth-order valence-electron chi connectivity index (χ4n) is 0.852. The lowest BCUT2D eigenvalue weighted by atomic mass is 10.2. The molecule has 0 aromatic heterocycles. The first kappa shape index (κ1) is 12.5. The summed E-state index contributed by atoms with van der Waals surface area (Å²) < 4.78 is 39.1. The number of hydrogen-bond acceptors (Lipinski definition) is 2. The average molecular weight is 295 g/mol. The van der Waals surface area contributed by atoms with Crippen LogP contribution in [0.15, 0.2) is 20.7 Å². The van der Waals surface area contributed by atoms with Gasteiger partial charge >= 0.3 is 0 Å². The minimum atomic E-state index is -1.37. The van der Waals surface area contributed by atoms with E-state index in [-0.39, 0.29) is 10.4 Å². The molecular formula is C8H6BrF3N4. The standard InChI is InChI=1S/C8H6BrF3N4/c9-4-1-5(10)3(6(11)7(4)12)2-15-16-8(13)14/h1-2H,(H4,13,14,16). The molecule has 0 aliphatic rings. The van der Waals surface area contributed by atoms with Gasteiger partial charge in [-0.1, -0.05) is 0 Å². The zero-order valence-electron chi connectivity index (χ0n) is 7.72. The summed E-state index contributed by atoms with van der Waals surface area (Å²) in [5.74, 6) is -3.95. The Balaban J connectivity index is 3.20. The number of guanidine groups is 1. The van der Waals surface area contributed by atoms with Crippen LogP contribution in [-0.4, -0.2) is 12.2 Å². The smallest absolute Gasteiger partial charge is 0.211 e. The van der Waals surface area contributed by atoms with Gasteiger partial charge in [0.1, 0.15) is 5.82 Å². The second kappa shape index (κ2) is 4.97. The van der Waals surface area contributed by atoms with Crippen LogP contribution in [0.25, 0.3) is 0 Å². The van der Waals surface area contributed by atoms with Crippen molar-refractivity contribution in [1.82, 2.24) is 0 Å². The van der Waals surface area contributed by atoms with Crippen LogP contribution in [0.5, 0.6) is 0 Å². The fraction of sp³-hybridized carbons (Fsp3) is 0. The minimum Gasteiger partial charge on any atom is -0.369 e. The molecule has 1 aromatic rings. The Morgan fingerprint density at radius 1 is 1.25 bits per heavy atom. The maximum absolute atomic E-state index is 13.2. The van der Waals surface area contributed by atoms with Crippen molar-refractivity contribution in [2.45, 2.75) is 0 Å². The van der Waals surface area contributed by atoms with Gasteiger partial charge in [0, 0.05) is 0 Å². The lowest BCUT2D eigenvalue weighted by molar-refractivity contribution is 0.488. The summed E-state index contributed by atoms with van der Waals surface area (Å²) >= 11 is 2.66. The van der Waals surface area contributed by atoms with Crippen molar-refractivity contribution in [2.75, 3.05) is 0 Å². The van der Waals surface area contributed by atoms with E-state index in [9.17, 15) is 13.2 Å². The van der Waals surface area contributed by atoms with Gasteiger partial charge in [-0.2, -0.15) is 5.10 Å². The summed E-state index contributed by atoms with van der Waals surface area (Å²) in [5.41, 5.74) is 9.20. The highest BCUT2D eigenvalue weighted by Gasteiger charge is 2.15. The first-order valence-electron chi connectivity index (χ1n) is 3.88. The second-order valence-corrected chi connectivity index (χ2v) is 3.51. The molecule has 1 rings (SSSR count). The van der Waals surface area contributed by atoms with Crippen LogP contribution in [0, 0.1) is 17.5 Å². The Morgan fingerprint density at radius 2 is 1.88 bits per heavy atom. The third-order valence-corrected chi connectivity index (χ3v) is 2.09. The van der Waals surface area contributed by atoms with Gasteiger partial charge in [-0.05, 0) is 22.0 Å². The van der Waals surface area contributed by atoms with Gasteiger partial charge in [-0.15, -0.1) is 5.10 Å². The molecule has 86 valence electrons. The number of halogens is 4. The summed E-state index contributed by atoms with van der Waals surface area (Å²) in [6.45, 7) is 0. The zero-order valence-corrected chi connectivity index (χ0v) is 9.30. The summed E-state index contributed by atoms with van der Waals surface area (Å²) in [7, 11) is 0. The monoisotopic (exact) mass is 294 g/mol. The molecule has 0 amide bonds. The van der Waals surface area contributed by atoms with Gasteiger partial charge in [0.05, 0.1) is 16.3 Å². The second-order valence-electron chi connectivity index (χ2n) is 2.65. The Labute approximate surface area is 97.0 Å². The molecule has 0 unspecified atom stereocenters. The Kier molecular flexibility index (Phi) is 3.88. The van der Waals surface area contributed by atoms with E-state index >= 15 is 0 Å². The van der Waals surface area contributed by atoms with E-state index in [0.29, 0.717) is 6.21 Å². The van der Waals surface area contributed by atoms with Gasteiger partial charge in [0.25, 0.3) is 0 Å². The van der Waals surface area contributed by atoms with Crippen molar-refractivity contribution in [1.29, 1.82) is 0 Å². The van der Waals surface area contributed by atoms with Gasteiger partial charge in [-0.25, -0.2) is 13.2 Å². The molecule has 0 spiro atoms. The van der Waals surface area contributed by atoms with E-state index in [2.05, 4.69) is 26.1 Å². The van der Waals surface area contributed by atoms with Gasteiger partial charge in [0.2, 0.25) is 5.96 Å². The number of hydrogen-bond donors (Lipinski definition) is 2. The molecule has 8 heteroatoms. The Hall–Kier alpha value is -1.57. The van der Waals surface area contributed by atoms with Crippen molar-refractivity contribution in [2.24, 2.45) is 21.7 Å². The van der Waals surface area contributed by atoms with Crippen molar-refractivity contribution in [3.05, 3.63) is 33.6 Å². The van der Waals surface area contributed by atoms with E-state index in [1.54, 1.807) is 0 Å². The number of nitrogens with two attached hydrogens (primary N) is 2. The third-order valence-electron chi connectivity index (χ3n) is 1.51. The van der Waals surface area contributed by atoms with E-state index in [1.807, 2.05) is 0 Å². The fourth-order valence-corrected chi connectivity index (χ4v) is 1.23. The molecule has 0 atom stereocenters. The van der Waals surface area contributed by atoms with Crippen LogP contribution in [-0.2, 0) is 0 Å². The van der Waals surface area contributed by atoms with Crippen LogP contribution in [0.3, 0.4) is 0 Å². The first-order chi connectivity index (χ1) is 7.43. The van der Waals surface area contributed by atoms with Crippen LogP contribution >= 0.6 is 15.9 Å². The molecule has 4 nitrogen and oxygen atoms in total. The Bertz CT molecular complexity index is 469. The minimum absolute atomic E-state index is 0.318. The third kappa shape index (κ3) is 2.72. The predicted octanol–water partition coefficient (Wildman–Crippen LogP) is 1.47.